The molecular formula is C43H52ClN11O3. The molecule has 1 aliphatic heterocycles. The molecule has 0 saturated carbocycles. The molecule has 0 aliphatic carbocycles. The van der Waals surface area contributed by atoms with Gasteiger partial charge in [-0.25, -0.2) is 19.0 Å². The van der Waals surface area contributed by atoms with Crippen molar-refractivity contribution in [1.82, 2.24) is 53.7 Å². The Morgan fingerprint density at radius 2 is 1.28 bits per heavy atom. The molecule has 7 heterocycles. The first-order valence-electron chi connectivity index (χ1n) is 19.5. The summed E-state index contributed by atoms with van der Waals surface area (Å²) < 4.78 is 19.2. The van der Waals surface area contributed by atoms with Gasteiger partial charge in [-0.1, -0.05) is 23.7 Å². The van der Waals surface area contributed by atoms with Crippen LogP contribution in [0.4, 0.5) is 0 Å². The average molecular weight is 806 g/mol. The van der Waals surface area contributed by atoms with Crippen molar-refractivity contribution in [2.75, 3.05) is 13.7 Å². The number of halogens is 1. The van der Waals surface area contributed by atoms with Crippen molar-refractivity contribution in [2.24, 2.45) is 5.92 Å². The number of aryl methyl sites for hydroxylation is 2. The molecule has 6 aromatic heterocycles. The summed E-state index contributed by atoms with van der Waals surface area (Å²) in [6.45, 7) is 21.3. The Balaban J connectivity index is 0.000000214. The highest BCUT2D eigenvalue weighted by atomic mass is 35.5. The Bertz CT molecular complexity index is 2570. The maximum Gasteiger partial charge on any atom is 0.241 e. The van der Waals surface area contributed by atoms with Gasteiger partial charge in [0, 0.05) is 48.0 Å². The van der Waals surface area contributed by atoms with Crippen LogP contribution in [0, 0.1) is 19.8 Å². The molecule has 1 saturated heterocycles. The maximum absolute atomic E-state index is 13.0. The fourth-order valence-electron chi connectivity index (χ4n) is 7.01. The Morgan fingerprint density at radius 3 is 1.81 bits per heavy atom. The number of ether oxygens (including phenoxy) is 2. The highest BCUT2D eigenvalue weighted by molar-refractivity contribution is 6.32. The molecule has 1 amide bonds. The number of hydrogen-bond donors (Lipinski definition) is 0. The standard InChI is InChI=1S/C29H36N6O3.C14H16ClN5/c1-18-13-30-34-17-25(23-14-31-35(16-23)29(4,5)6)32-28(27(18)34)38-20(3)22-12-26(36)33(15-22)19(2)21-8-10-24(37-7)11-9-21;1-9-5-16-19-8-11(18-13(15)12(9)19)10-6-17-20(7-10)14(2,3)4/h8-11,13-14,16-17,19-20,22H,12,15H2,1-7H3;5-8H,1-4H3/t19-,20-,22-;/m1./s1. The minimum atomic E-state index is -0.217. The predicted octanol–water partition coefficient (Wildman–Crippen LogP) is 8.35. The van der Waals surface area contributed by atoms with Crippen molar-refractivity contribution >= 4 is 28.5 Å². The van der Waals surface area contributed by atoms with Crippen LogP contribution in [0.25, 0.3) is 33.5 Å². The quantitative estimate of drug-likeness (QED) is 0.149. The maximum atomic E-state index is 13.0. The van der Waals surface area contributed by atoms with Crippen molar-refractivity contribution < 1.29 is 14.3 Å². The van der Waals surface area contributed by atoms with E-state index in [2.05, 4.69) is 73.8 Å². The van der Waals surface area contributed by atoms with Gasteiger partial charge < -0.3 is 14.4 Å². The molecule has 14 nitrogen and oxygen atoms in total. The third-order valence-electron chi connectivity index (χ3n) is 10.6. The van der Waals surface area contributed by atoms with Gasteiger partial charge in [0.15, 0.2) is 5.15 Å². The van der Waals surface area contributed by atoms with E-state index in [1.165, 1.54) is 0 Å². The van der Waals surface area contributed by atoms with Crippen LogP contribution in [0.3, 0.4) is 0 Å². The van der Waals surface area contributed by atoms with E-state index >= 15 is 0 Å². The second-order valence-corrected chi connectivity index (χ2v) is 17.4. The zero-order valence-corrected chi connectivity index (χ0v) is 35.9. The van der Waals surface area contributed by atoms with Crippen LogP contribution in [0.2, 0.25) is 5.15 Å². The number of likely N-dealkylation sites (tertiary alicyclic amines) is 1. The Kier molecular flexibility index (Phi) is 10.8. The van der Waals surface area contributed by atoms with Crippen molar-refractivity contribution in [1.29, 1.82) is 0 Å². The van der Waals surface area contributed by atoms with E-state index in [0.29, 0.717) is 24.0 Å². The van der Waals surface area contributed by atoms with E-state index in [0.717, 1.165) is 56.0 Å². The summed E-state index contributed by atoms with van der Waals surface area (Å²) in [7, 11) is 1.65. The molecule has 0 bridgehead atoms. The predicted molar refractivity (Wildman–Crippen MR) is 224 cm³/mol. The summed E-state index contributed by atoms with van der Waals surface area (Å²) in [6, 6.07) is 7.85. The van der Waals surface area contributed by atoms with E-state index in [-0.39, 0.29) is 35.0 Å². The third kappa shape index (κ3) is 8.15. The average Bonchev–Trinajstić information content (AvgIpc) is 4.02. The van der Waals surface area contributed by atoms with E-state index in [9.17, 15) is 4.79 Å². The normalized spacial score (nSPS) is 15.8. The summed E-state index contributed by atoms with van der Waals surface area (Å²) in [5.74, 6) is 1.49. The summed E-state index contributed by atoms with van der Waals surface area (Å²) in [4.78, 5) is 24.3. The summed E-state index contributed by atoms with van der Waals surface area (Å²) >= 11 is 6.26. The lowest BCUT2D eigenvalue weighted by Gasteiger charge is -2.26. The minimum absolute atomic E-state index is 0.0322. The van der Waals surface area contributed by atoms with Crippen LogP contribution in [-0.4, -0.2) is 79.3 Å². The molecule has 0 unspecified atom stereocenters. The SMILES string of the molecule is COc1ccc([C@@H](C)N2C[C@H]([C@@H](C)Oc3nc(-c4cnn(C(C)(C)C)c4)cn4ncc(C)c34)CC2=O)cc1.Cc1cnn2cc(-c3cnn(C(C)(C)C)c3)nc(Cl)c12. The second kappa shape index (κ2) is 15.5. The summed E-state index contributed by atoms with van der Waals surface area (Å²) in [5.41, 5.74) is 7.87. The zero-order chi connectivity index (χ0) is 41.7. The third-order valence-corrected chi connectivity index (χ3v) is 10.9. The molecule has 1 aliphatic rings. The topological polar surface area (TPSA) is 135 Å². The van der Waals surface area contributed by atoms with Crippen LogP contribution < -0.4 is 9.47 Å². The lowest BCUT2D eigenvalue weighted by molar-refractivity contribution is -0.129. The Labute approximate surface area is 343 Å². The van der Waals surface area contributed by atoms with E-state index in [4.69, 9.17) is 26.1 Å². The van der Waals surface area contributed by atoms with Gasteiger partial charge in [0.1, 0.15) is 22.9 Å². The van der Waals surface area contributed by atoms with Gasteiger partial charge in [-0.05, 0) is 92.5 Å². The molecule has 304 valence electrons. The lowest BCUT2D eigenvalue weighted by Crippen LogP contribution is -2.31. The highest BCUT2D eigenvalue weighted by Crippen LogP contribution is 2.34. The number of hydrogen-bond acceptors (Lipinski definition) is 9. The number of carbonyl (C=O) groups is 1. The van der Waals surface area contributed by atoms with Gasteiger partial charge >= 0.3 is 0 Å². The largest absolute Gasteiger partial charge is 0.497 e. The minimum Gasteiger partial charge on any atom is -0.497 e. The number of nitrogens with zero attached hydrogens (tertiary/aromatic N) is 11. The van der Waals surface area contributed by atoms with Crippen LogP contribution in [0.5, 0.6) is 11.6 Å². The molecule has 1 fully saturated rings. The van der Waals surface area contributed by atoms with E-state index < -0.39 is 0 Å². The lowest BCUT2D eigenvalue weighted by atomic mass is 10.0. The van der Waals surface area contributed by atoms with Gasteiger partial charge in [0.05, 0.1) is 72.8 Å². The van der Waals surface area contributed by atoms with Gasteiger partial charge in [0.25, 0.3) is 0 Å². The Morgan fingerprint density at radius 1 is 0.741 bits per heavy atom. The Hall–Kier alpha value is -5.76. The number of rotatable bonds is 8. The van der Waals surface area contributed by atoms with Crippen molar-refractivity contribution in [3.05, 3.63) is 95.7 Å². The van der Waals surface area contributed by atoms with Crippen LogP contribution in [-0.2, 0) is 15.9 Å². The smallest absolute Gasteiger partial charge is 0.241 e. The van der Waals surface area contributed by atoms with Gasteiger partial charge in [-0.15, -0.1) is 0 Å². The molecule has 3 atom stereocenters. The summed E-state index contributed by atoms with van der Waals surface area (Å²) in [5, 5.41) is 18.2. The number of fused-ring (bicyclic) bond motifs is 2. The van der Waals surface area contributed by atoms with Crippen molar-refractivity contribution in [3.63, 3.8) is 0 Å². The molecule has 0 N–H and O–H groups in total. The van der Waals surface area contributed by atoms with Crippen molar-refractivity contribution in [2.45, 2.75) is 98.9 Å². The molecule has 8 rings (SSSR count). The number of methoxy groups -OCH3 is 1. The van der Waals surface area contributed by atoms with Gasteiger partial charge in [-0.3, -0.25) is 14.2 Å². The van der Waals surface area contributed by atoms with E-state index in [1.807, 2.05) is 101 Å². The number of benzene rings is 1. The first-order valence-corrected chi connectivity index (χ1v) is 19.9. The molecule has 7 aromatic rings. The number of carbonyl (C=O) groups excluding carboxylic acids is 1. The fraction of sp³-hybridized carbons (Fsp3) is 0.419. The molecule has 1 aromatic carbocycles. The van der Waals surface area contributed by atoms with Crippen LogP contribution in [0.15, 0.2) is 73.8 Å². The fourth-order valence-corrected chi connectivity index (χ4v) is 7.34. The van der Waals surface area contributed by atoms with Gasteiger partial charge in [0.2, 0.25) is 11.8 Å². The van der Waals surface area contributed by atoms with Crippen molar-refractivity contribution in [3.8, 4) is 34.1 Å². The van der Waals surface area contributed by atoms with Gasteiger partial charge in [-0.2, -0.15) is 20.4 Å². The first-order chi connectivity index (χ1) is 27.4. The number of aromatic nitrogens is 10. The molecule has 15 heteroatoms. The second-order valence-electron chi connectivity index (χ2n) is 17.1. The first kappa shape index (κ1) is 40.4. The van der Waals surface area contributed by atoms with E-state index in [1.54, 1.807) is 24.0 Å². The summed E-state index contributed by atoms with van der Waals surface area (Å²) in [6.07, 6.45) is 15.2. The van der Waals surface area contributed by atoms with Crippen LogP contribution in [0.1, 0.15) is 84.5 Å². The molecule has 0 spiro atoms. The highest BCUT2D eigenvalue weighted by Gasteiger charge is 2.37. The molecule has 58 heavy (non-hydrogen) atoms. The molecular weight excluding hydrogens is 754 g/mol. The number of amides is 1. The monoisotopic (exact) mass is 805 g/mol. The van der Waals surface area contributed by atoms with Crippen LogP contribution >= 0.6 is 11.6 Å². The molecule has 0 radical (unpaired) electrons. The zero-order valence-electron chi connectivity index (χ0n) is 35.1.